The predicted molar refractivity (Wildman–Crippen MR) is 77.7 cm³/mol. The van der Waals surface area contributed by atoms with Crippen molar-refractivity contribution >= 4 is 29.2 Å². The van der Waals surface area contributed by atoms with Gasteiger partial charge in [-0.3, -0.25) is 9.98 Å². The first-order valence-corrected chi connectivity index (χ1v) is 7.24. The summed E-state index contributed by atoms with van der Waals surface area (Å²) in [4.78, 5) is 12.5. The molecule has 0 amide bonds. The Hall–Kier alpha value is -1.73. The fraction of sp³-hybridized carbons (Fsp3) is 0.250. The smallest absolute Gasteiger partial charge is 0.344 e. The molecule has 1 saturated carbocycles. The molecule has 6 nitrogen and oxygen atoms in total. The molecule has 3 rings (SSSR count). The van der Waals surface area contributed by atoms with E-state index in [2.05, 4.69) is 10.2 Å². The van der Waals surface area contributed by atoms with Crippen molar-refractivity contribution in [3.63, 3.8) is 0 Å². The van der Waals surface area contributed by atoms with Crippen LogP contribution in [-0.4, -0.2) is 20.6 Å². The number of H-pyrrole nitrogens is 1. The number of nitrogens with zero attached hydrogens (tertiary/aromatic N) is 2. The summed E-state index contributed by atoms with van der Waals surface area (Å²) in [5, 5.41) is 14.9. The maximum absolute atomic E-state index is 11.7. The van der Waals surface area contributed by atoms with Crippen LogP contribution in [0.2, 0.25) is 5.02 Å². The topological polar surface area (TPSA) is 101 Å². The lowest BCUT2D eigenvalue weighted by Crippen LogP contribution is -2.16. The monoisotopic (exact) mass is 309 g/mol. The maximum Gasteiger partial charge on any atom is 0.344 e. The van der Waals surface area contributed by atoms with E-state index in [1.165, 1.54) is 11.8 Å². The number of nitrogen functional groups attached to an aromatic ring is 1. The number of nitrogens with one attached hydrogen (secondary N) is 2. The van der Waals surface area contributed by atoms with Crippen molar-refractivity contribution < 1.29 is 0 Å². The van der Waals surface area contributed by atoms with E-state index in [1.54, 1.807) is 16.7 Å². The van der Waals surface area contributed by atoms with Crippen LogP contribution < -0.4 is 11.4 Å². The first kappa shape index (κ1) is 13.3. The molecule has 2 aromatic rings. The second-order valence-electron chi connectivity index (χ2n) is 4.57. The van der Waals surface area contributed by atoms with Gasteiger partial charge in [-0.2, -0.15) is 0 Å². The molecule has 20 heavy (non-hydrogen) atoms. The van der Waals surface area contributed by atoms with Crippen molar-refractivity contribution in [2.75, 3.05) is 0 Å². The van der Waals surface area contributed by atoms with E-state index in [9.17, 15) is 4.79 Å². The van der Waals surface area contributed by atoms with Gasteiger partial charge in [-0.05, 0) is 42.8 Å². The molecule has 104 valence electrons. The lowest BCUT2D eigenvalue weighted by Gasteiger charge is -2.06. The SMILES string of the molecule is N=C(N)c1ccc(Sc2n[nH]c(=O)n2C2CC2)cc1Cl. The second kappa shape index (κ2) is 4.99. The summed E-state index contributed by atoms with van der Waals surface area (Å²) >= 11 is 7.44. The average molecular weight is 310 g/mol. The normalized spacial score (nSPS) is 14.4. The van der Waals surface area contributed by atoms with Crippen molar-refractivity contribution in [2.24, 2.45) is 5.73 Å². The van der Waals surface area contributed by atoms with Gasteiger partial charge in [0.1, 0.15) is 5.84 Å². The van der Waals surface area contributed by atoms with Crippen LogP contribution >= 0.6 is 23.4 Å². The lowest BCUT2D eigenvalue weighted by molar-refractivity contribution is 0.642. The minimum atomic E-state index is -0.179. The van der Waals surface area contributed by atoms with Crippen molar-refractivity contribution in [3.8, 4) is 0 Å². The standard InChI is InChI=1S/C12H12ClN5OS/c13-9-5-7(3-4-8(9)10(14)15)20-12-17-16-11(19)18(12)6-1-2-6/h3-6H,1-2H2,(H3,14,15)(H,16,19). The third-order valence-corrected chi connectivity index (χ3v) is 4.30. The Morgan fingerprint density at radius 1 is 1.55 bits per heavy atom. The highest BCUT2D eigenvalue weighted by atomic mass is 35.5. The van der Waals surface area contributed by atoms with Crippen molar-refractivity contribution in [3.05, 3.63) is 39.3 Å². The number of amidine groups is 1. The molecule has 1 heterocycles. The molecule has 4 N–H and O–H groups in total. The van der Waals surface area contributed by atoms with Gasteiger partial charge in [-0.25, -0.2) is 9.89 Å². The van der Waals surface area contributed by atoms with E-state index >= 15 is 0 Å². The second-order valence-corrected chi connectivity index (χ2v) is 6.02. The molecule has 0 radical (unpaired) electrons. The number of nitrogens with two attached hydrogens (primary N) is 1. The molecule has 0 bridgehead atoms. The zero-order chi connectivity index (χ0) is 14.3. The molecule has 0 aliphatic heterocycles. The van der Waals surface area contributed by atoms with Crippen molar-refractivity contribution in [1.82, 2.24) is 14.8 Å². The largest absolute Gasteiger partial charge is 0.384 e. The summed E-state index contributed by atoms with van der Waals surface area (Å²) in [7, 11) is 0. The van der Waals surface area contributed by atoms with Crippen LogP contribution in [0.1, 0.15) is 24.4 Å². The van der Waals surface area contributed by atoms with Crippen LogP contribution in [0.5, 0.6) is 0 Å². The van der Waals surface area contributed by atoms with Gasteiger partial charge in [0.25, 0.3) is 0 Å². The van der Waals surface area contributed by atoms with Gasteiger partial charge >= 0.3 is 5.69 Å². The number of halogens is 1. The molecular weight excluding hydrogens is 298 g/mol. The van der Waals surface area contributed by atoms with E-state index in [0.717, 1.165) is 17.7 Å². The third-order valence-electron chi connectivity index (χ3n) is 3.02. The van der Waals surface area contributed by atoms with E-state index in [4.69, 9.17) is 22.7 Å². The van der Waals surface area contributed by atoms with Crippen LogP contribution in [-0.2, 0) is 0 Å². The number of hydrogen-bond acceptors (Lipinski definition) is 4. The number of aromatic nitrogens is 3. The molecule has 0 saturated heterocycles. The average Bonchev–Trinajstić information content (AvgIpc) is 3.15. The van der Waals surface area contributed by atoms with Crippen LogP contribution in [0.15, 0.2) is 33.0 Å². The number of benzene rings is 1. The first-order chi connectivity index (χ1) is 9.56. The van der Waals surface area contributed by atoms with Crippen molar-refractivity contribution in [2.45, 2.75) is 28.9 Å². The highest BCUT2D eigenvalue weighted by Gasteiger charge is 2.28. The molecule has 1 aliphatic rings. The molecule has 8 heteroatoms. The lowest BCUT2D eigenvalue weighted by atomic mass is 10.2. The summed E-state index contributed by atoms with van der Waals surface area (Å²) in [5.41, 5.74) is 5.74. The predicted octanol–water partition coefficient (Wildman–Crippen LogP) is 1.99. The molecule has 1 aromatic carbocycles. The molecule has 0 unspecified atom stereocenters. The van der Waals surface area contributed by atoms with Gasteiger partial charge in [0.15, 0.2) is 5.16 Å². The molecule has 1 aliphatic carbocycles. The van der Waals surface area contributed by atoms with Gasteiger partial charge in [-0.15, -0.1) is 5.10 Å². The quantitative estimate of drug-likeness (QED) is 0.594. The van der Waals surface area contributed by atoms with Gasteiger partial charge in [0.2, 0.25) is 0 Å². The van der Waals surface area contributed by atoms with E-state index in [1.807, 2.05) is 6.07 Å². The molecule has 1 fully saturated rings. The highest BCUT2D eigenvalue weighted by Crippen LogP contribution is 2.38. The fourth-order valence-corrected chi connectivity index (χ4v) is 3.19. The summed E-state index contributed by atoms with van der Waals surface area (Å²) in [6.07, 6.45) is 2.02. The molecule has 1 aromatic heterocycles. The minimum absolute atomic E-state index is 0.0683. The highest BCUT2D eigenvalue weighted by molar-refractivity contribution is 7.99. The molecule has 0 atom stereocenters. The third kappa shape index (κ3) is 2.46. The summed E-state index contributed by atoms with van der Waals surface area (Å²) in [6.45, 7) is 0. The Balaban J connectivity index is 1.90. The van der Waals surface area contributed by atoms with E-state index in [-0.39, 0.29) is 17.6 Å². The van der Waals surface area contributed by atoms with Crippen LogP contribution in [0.4, 0.5) is 0 Å². The van der Waals surface area contributed by atoms with E-state index < -0.39 is 0 Å². The Morgan fingerprint density at radius 2 is 2.30 bits per heavy atom. The van der Waals surface area contributed by atoms with Gasteiger partial charge in [0.05, 0.1) is 5.02 Å². The number of hydrogen-bond donors (Lipinski definition) is 3. The zero-order valence-electron chi connectivity index (χ0n) is 10.4. The summed E-state index contributed by atoms with van der Waals surface area (Å²) in [6, 6.07) is 5.48. The Labute approximate surface area is 123 Å². The molecule has 0 spiro atoms. The number of rotatable bonds is 4. The van der Waals surface area contributed by atoms with Crippen molar-refractivity contribution in [1.29, 1.82) is 5.41 Å². The molecular formula is C12H12ClN5OS. The van der Waals surface area contributed by atoms with Crippen LogP contribution in [0.25, 0.3) is 0 Å². The fourth-order valence-electron chi connectivity index (χ4n) is 1.90. The van der Waals surface area contributed by atoms with E-state index in [0.29, 0.717) is 15.7 Å². The first-order valence-electron chi connectivity index (χ1n) is 6.05. The zero-order valence-corrected chi connectivity index (χ0v) is 12.0. The Kier molecular flexibility index (Phi) is 3.31. The minimum Gasteiger partial charge on any atom is -0.384 e. The Morgan fingerprint density at radius 3 is 2.90 bits per heavy atom. The van der Waals surface area contributed by atoms with Gasteiger partial charge in [0, 0.05) is 16.5 Å². The van der Waals surface area contributed by atoms with Crippen LogP contribution in [0.3, 0.4) is 0 Å². The van der Waals surface area contributed by atoms with Crippen LogP contribution in [0, 0.1) is 5.41 Å². The summed E-state index contributed by atoms with van der Waals surface area (Å²) < 4.78 is 1.68. The van der Waals surface area contributed by atoms with Gasteiger partial charge < -0.3 is 5.73 Å². The summed E-state index contributed by atoms with van der Waals surface area (Å²) in [5.74, 6) is -0.0683. The van der Waals surface area contributed by atoms with Gasteiger partial charge in [-0.1, -0.05) is 11.6 Å². The Bertz CT molecular complexity index is 734. The number of aromatic amines is 1. The maximum atomic E-state index is 11.7.